The van der Waals surface area contributed by atoms with Gasteiger partial charge < -0.3 is 10.3 Å². The number of nitrogen functional groups attached to an aromatic ring is 1. The number of hydrogen-bond acceptors (Lipinski definition) is 1. The number of aromatic nitrogens is 2. The first-order valence-electron chi connectivity index (χ1n) is 20.0. The van der Waals surface area contributed by atoms with Gasteiger partial charge in [-0.1, -0.05) is 170 Å². The van der Waals surface area contributed by atoms with E-state index in [-0.39, 0.29) is 5.92 Å². The number of anilines is 1. The molecular weight excluding hydrogens is 691 g/mol. The summed E-state index contributed by atoms with van der Waals surface area (Å²) in [6.07, 6.45) is 12.2. The normalized spacial score (nSPS) is 15.7. The summed E-state index contributed by atoms with van der Waals surface area (Å²) in [6, 6.07) is 62.1. The van der Waals surface area contributed by atoms with E-state index in [9.17, 15) is 0 Å². The van der Waals surface area contributed by atoms with Gasteiger partial charge in [0.2, 0.25) is 0 Å². The standard InChI is InChI=1S/C54H41N3/c1-2-15-45-44-34-35-48-51(46-22-9-12-23-47(46)54(48,38-16-5-3-6-17-38)39-18-7-4-8-19-39)52(44)57(53(45)55)41-32-28-37(29-33-41)36-26-30-40(31-27-36)56-49-24-13-10-20-42(49)43-21-11-14-25-50(43)56/h2-26,28-36H,27,55H2,1H3/b15-2-. The highest BCUT2D eigenvalue weighted by Crippen LogP contribution is 2.58. The molecule has 0 saturated carbocycles. The predicted octanol–water partition coefficient (Wildman–Crippen LogP) is 13.3. The smallest absolute Gasteiger partial charge is 0.116 e. The van der Waals surface area contributed by atoms with E-state index in [1.54, 1.807) is 0 Å². The maximum Gasteiger partial charge on any atom is 0.116 e. The van der Waals surface area contributed by atoms with Crippen LogP contribution < -0.4 is 5.73 Å². The van der Waals surface area contributed by atoms with E-state index in [0.717, 1.165) is 34.4 Å². The summed E-state index contributed by atoms with van der Waals surface area (Å²) in [4.78, 5) is 0. The third kappa shape index (κ3) is 4.79. The summed E-state index contributed by atoms with van der Waals surface area (Å²) in [5, 5.41) is 3.72. The molecule has 7 aromatic carbocycles. The summed E-state index contributed by atoms with van der Waals surface area (Å²) in [5.41, 5.74) is 22.5. The third-order valence-electron chi connectivity index (χ3n) is 12.5. The van der Waals surface area contributed by atoms with Gasteiger partial charge in [0.25, 0.3) is 0 Å². The first-order chi connectivity index (χ1) is 28.2. The van der Waals surface area contributed by atoms with Crippen molar-refractivity contribution in [2.75, 3.05) is 5.73 Å². The molecule has 2 heterocycles. The Morgan fingerprint density at radius 2 is 1.21 bits per heavy atom. The monoisotopic (exact) mass is 731 g/mol. The van der Waals surface area contributed by atoms with Crippen LogP contribution in [0.5, 0.6) is 0 Å². The number of benzene rings is 7. The summed E-state index contributed by atoms with van der Waals surface area (Å²) < 4.78 is 4.71. The van der Waals surface area contributed by atoms with Gasteiger partial charge in [0.15, 0.2) is 0 Å². The van der Waals surface area contributed by atoms with Crippen LogP contribution in [0.25, 0.3) is 61.3 Å². The second kappa shape index (κ2) is 13.0. The number of fused-ring (bicyclic) bond motifs is 8. The molecule has 1 unspecified atom stereocenters. The molecule has 0 saturated heterocycles. The second-order valence-corrected chi connectivity index (χ2v) is 15.3. The Balaban J connectivity index is 1.04. The number of nitrogens with zero attached hydrogens (tertiary/aromatic N) is 2. The maximum absolute atomic E-state index is 7.25. The van der Waals surface area contributed by atoms with Gasteiger partial charge in [-0.05, 0) is 77.1 Å². The molecular formula is C54H41N3. The van der Waals surface area contributed by atoms with Gasteiger partial charge in [0.05, 0.1) is 22.0 Å². The highest BCUT2D eigenvalue weighted by molar-refractivity contribution is 6.11. The zero-order chi connectivity index (χ0) is 38.1. The quantitative estimate of drug-likeness (QED) is 0.182. The van der Waals surface area contributed by atoms with Gasteiger partial charge in [-0.15, -0.1) is 0 Å². The van der Waals surface area contributed by atoms with Crippen LogP contribution in [-0.2, 0) is 5.41 Å². The van der Waals surface area contributed by atoms with Crippen molar-refractivity contribution in [2.24, 2.45) is 0 Å². The van der Waals surface area contributed by atoms with Gasteiger partial charge in [-0.3, -0.25) is 4.57 Å². The highest BCUT2D eigenvalue weighted by atomic mass is 15.1. The number of nitrogens with two attached hydrogens (primary N) is 1. The molecule has 272 valence electrons. The second-order valence-electron chi connectivity index (χ2n) is 15.3. The maximum atomic E-state index is 7.25. The molecule has 11 rings (SSSR count). The van der Waals surface area contributed by atoms with Crippen LogP contribution in [0.3, 0.4) is 0 Å². The molecule has 0 amide bonds. The molecule has 0 spiro atoms. The van der Waals surface area contributed by atoms with E-state index >= 15 is 0 Å². The molecule has 2 N–H and O–H groups in total. The van der Waals surface area contributed by atoms with Crippen molar-refractivity contribution in [3.63, 3.8) is 0 Å². The van der Waals surface area contributed by atoms with Crippen molar-refractivity contribution < 1.29 is 0 Å². The van der Waals surface area contributed by atoms with Crippen LogP contribution >= 0.6 is 0 Å². The third-order valence-corrected chi connectivity index (χ3v) is 12.5. The average molecular weight is 732 g/mol. The van der Waals surface area contributed by atoms with Crippen molar-refractivity contribution in [2.45, 2.75) is 24.7 Å². The minimum Gasteiger partial charge on any atom is -0.384 e. The lowest BCUT2D eigenvalue weighted by Crippen LogP contribution is -2.28. The Bertz CT molecular complexity index is 3010. The topological polar surface area (TPSA) is 35.9 Å². The molecule has 9 aromatic rings. The first-order valence-corrected chi connectivity index (χ1v) is 20.0. The van der Waals surface area contributed by atoms with Crippen molar-refractivity contribution in [3.05, 3.63) is 228 Å². The Morgan fingerprint density at radius 1 is 0.596 bits per heavy atom. The molecule has 0 radical (unpaired) electrons. The number of rotatable bonds is 6. The van der Waals surface area contributed by atoms with Crippen molar-refractivity contribution in [1.82, 2.24) is 9.13 Å². The van der Waals surface area contributed by atoms with E-state index in [4.69, 9.17) is 5.73 Å². The van der Waals surface area contributed by atoms with E-state index < -0.39 is 5.41 Å². The Kier molecular flexibility index (Phi) is 7.58. The highest BCUT2D eigenvalue weighted by Gasteiger charge is 2.47. The molecule has 1 atom stereocenters. The minimum absolute atomic E-state index is 0.279. The predicted molar refractivity (Wildman–Crippen MR) is 240 cm³/mol. The molecule has 3 heteroatoms. The van der Waals surface area contributed by atoms with E-state index in [2.05, 4.69) is 216 Å². The van der Waals surface area contributed by atoms with E-state index in [1.807, 2.05) is 0 Å². The molecule has 0 fully saturated rings. The molecule has 0 bridgehead atoms. The summed E-state index contributed by atoms with van der Waals surface area (Å²) >= 11 is 0. The van der Waals surface area contributed by atoms with Crippen LogP contribution in [-0.4, -0.2) is 9.13 Å². The van der Waals surface area contributed by atoms with Crippen LogP contribution in [0.4, 0.5) is 5.82 Å². The molecule has 57 heavy (non-hydrogen) atoms. The Labute approximate surface area is 333 Å². The molecule has 2 aliphatic rings. The number of para-hydroxylation sites is 2. The lowest BCUT2D eigenvalue weighted by Gasteiger charge is -2.33. The lowest BCUT2D eigenvalue weighted by molar-refractivity contribution is 0.769. The fourth-order valence-electron chi connectivity index (χ4n) is 10.0. The van der Waals surface area contributed by atoms with Crippen LogP contribution in [0, 0.1) is 0 Å². The molecule has 2 aliphatic carbocycles. The average Bonchev–Trinajstić information content (AvgIpc) is 3.88. The number of allylic oxidation sites excluding steroid dienone is 5. The van der Waals surface area contributed by atoms with Crippen LogP contribution in [0.2, 0.25) is 0 Å². The summed E-state index contributed by atoms with van der Waals surface area (Å²) in [7, 11) is 0. The zero-order valence-corrected chi connectivity index (χ0v) is 31.8. The van der Waals surface area contributed by atoms with Gasteiger partial charge in [-0.25, -0.2) is 0 Å². The molecule has 0 aliphatic heterocycles. The largest absolute Gasteiger partial charge is 0.384 e. The fourth-order valence-corrected chi connectivity index (χ4v) is 10.0. The van der Waals surface area contributed by atoms with E-state index in [0.29, 0.717) is 0 Å². The molecule has 3 nitrogen and oxygen atoms in total. The molecule has 2 aromatic heterocycles. The fraction of sp³-hybridized carbons (Fsp3) is 0.0741. The zero-order valence-electron chi connectivity index (χ0n) is 31.8. The lowest BCUT2D eigenvalue weighted by atomic mass is 9.67. The summed E-state index contributed by atoms with van der Waals surface area (Å²) in [5.74, 6) is 1.02. The van der Waals surface area contributed by atoms with Gasteiger partial charge in [-0.2, -0.15) is 0 Å². The van der Waals surface area contributed by atoms with E-state index in [1.165, 1.54) is 66.4 Å². The van der Waals surface area contributed by atoms with Gasteiger partial charge in [0.1, 0.15) is 5.82 Å². The minimum atomic E-state index is -0.490. The Morgan fingerprint density at radius 3 is 1.84 bits per heavy atom. The van der Waals surface area contributed by atoms with Crippen molar-refractivity contribution in [3.8, 4) is 16.8 Å². The summed E-state index contributed by atoms with van der Waals surface area (Å²) in [6.45, 7) is 2.06. The SMILES string of the molecule is C/C=C\c1c(N)n(-c2ccc(C3C=CC(n4c5ccccc5c5ccccc54)=CC3)cc2)c2c3c(ccc12)C(c1ccccc1)(c1ccccc1)c1ccccc1-3. The first kappa shape index (κ1) is 33.3. The van der Waals surface area contributed by atoms with Crippen LogP contribution in [0.1, 0.15) is 52.6 Å². The van der Waals surface area contributed by atoms with Gasteiger partial charge in [0, 0.05) is 44.6 Å². The van der Waals surface area contributed by atoms with Crippen LogP contribution in [0.15, 0.2) is 194 Å². The van der Waals surface area contributed by atoms with Crippen molar-refractivity contribution >= 4 is 50.3 Å². The Hall–Kier alpha value is -7.10. The number of hydrogen-bond donors (Lipinski definition) is 1. The van der Waals surface area contributed by atoms with Gasteiger partial charge >= 0.3 is 0 Å². The van der Waals surface area contributed by atoms with Crippen molar-refractivity contribution in [1.29, 1.82) is 0 Å².